The van der Waals surface area contributed by atoms with Gasteiger partial charge in [0.2, 0.25) is 0 Å². The number of nitrogens with zero attached hydrogens (tertiary/aromatic N) is 2. The molecule has 0 saturated carbocycles. The van der Waals surface area contributed by atoms with Crippen LogP contribution in [-0.4, -0.2) is 21.8 Å². The first kappa shape index (κ1) is 11.9. The van der Waals surface area contributed by atoms with Crippen LogP contribution in [0.15, 0.2) is 12.4 Å². The molecule has 1 aromatic rings. The predicted octanol–water partition coefficient (Wildman–Crippen LogP) is -1.56. The Balaban J connectivity index is 2.65. The SMILES string of the molecule is C[n+]1ccn2c1C(O)(C(F)(F)F)C(C(=O)[O-])C2. The van der Waals surface area contributed by atoms with E-state index in [2.05, 4.69) is 0 Å². The lowest BCUT2D eigenvalue weighted by atomic mass is 9.88. The third-order valence-electron chi connectivity index (χ3n) is 3.02. The van der Waals surface area contributed by atoms with E-state index in [0.29, 0.717) is 0 Å². The van der Waals surface area contributed by atoms with E-state index >= 15 is 0 Å². The van der Waals surface area contributed by atoms with Crippen molar-refractivity contribution in [3.8, 4) is 0 Å². The molecule has 8 heteroatoms. The summed E-state index contributed by atoms with van der Waals surface area (Å²) in [5.41, 5.74) is -3.41. The summed E-state index contributed by atoms with van der Waals surface area (Å²) < 4.78 is 40.9. The second-order valence-corrected chi connectivity index (χ2v) is 4.02. The smallest absolute Gasteiger partial charge is 0.429 e. The van der Waals surface area contributed by atoms with Crippen molar-refractivity contribution < 1.29 is 32.7 Å². The predicted molar refractivity (Wildman–Crippen MR) is 44.1 cm³/mol. The van der Waals surface area contributed by atoms with Crippen molar-refractivity contribution in [2.45, 2.75) is 18.3 Å². The quantitative estimate of drug-likeness (QED) is 0.613. The number of hydrogen-bond acceptors (Lipinski definition) is 3. The Morgan fingerprint density at radius 1 is 1.71 bits per heavy atom. The fraction of sp³-hybridized carbons (Fsp3) is 0.556. The van der Waals surface area contributed by atoms with E-state index in [4.69, 9.17) is 0 Å². The minimum Gasteiger partial charge on any atom is -0.550 e. The lowest BCUT2D eigenvalue weighted by molar-refractivity contribution is -0.688. The maximum Gasteiger partial charge on any atom is 0.429 e. The van der Waals surface area contributed by atoms with Gasteiger partial charge < -0.3 is 15.0 Å². The van der Waals surface area contributed by atoms with Crippen LogP contribution in [0.4, 0.5) is 13.2 Å². The van der Waals surface area contributed by atoms with Crippen molar-refractivity contribution in [3.63, 3.8) is 0 Å². The Hall–Kier alpha value is -1.57. The summed E-state index contributed by atoms with van der Waals surface area (Å²) >= 11 is 0. The van der Waals surface area contributed by atoms with Crippen LogP contribution in [0.1, 0.15) is 5.82 Å². The van der Waals surface area contributed by atoms with E-state index < -0.39 is 36.0 Å². The Bertz CT molecular complexity index is 482. The van der Waals surface area contributed by atoms with Gasteiger partial charge in [-0.05, 0) is 0 Å². The average Bonchev–Trinajstić information content (AvgIpc) is 2.66. The summed E-state index contributed by atoms with van der Waals surface area (Å²) in [6.45, 7) is -0.464. The van der Waals surface area contributed by atoms with Gasteiger partial charge in [-0.3, -0.25) is 0 Å². The monoisotopic (exact) mass is 250 g/mol. The number of carboxylic acids is 1. The second-order valence-electron chi connectivity index (χ2n) is 4.02. The molecule has 2 atom stereocenters. The molecule has 1 aromatic heterocycles. The Labute approximate surface area is 93.7 Å². The highest BCUT2D eigenvalue weighted by Crippen LogP contribution is 2.47. The first-order valence-electron chi connectivity index (χ1n) is 4.74. The zero-order chi connectivity index (χ0) is 13.0. The number of alkyl halides is 3. The summed E-state index contributed by atoms with van der Waals surface area (Å²) in [5.74, 6) is -4.46. The van der Waals surface area contributed by atoms with Gasteiger partial charge in [-0.15, -0.1) is 0 Å². The van der Waals surface area contributed by atoms with Crippen LogP contribution in [0.25, 0.3) is 0 Å². The first-order valence-corrected chi connectivity index (χ1v) is 4.74. The van der Waals surface area contributed by atoms with E-state index in [0.717, 1.165) is 9.13 Å². The Morgan fingerprint density at radius 3 is 2.76 bits per heavy atom. The lowest BCUT2D eigenvalue weighted by Crippen LogP contribution is -2.56. The van der Waals surface area contributed by atoms with Gasteiger partial charge in [0.25, 0.3) is 11.4 Å². The average molecular weight is 250 g/mol. The van der Waals surface area contributed by atoms with Crippen molar-refractivity contribution >= 4 is 5.97 Å². The molecule has 0 bridgehead atoms. The van der Waals surface area contributed by atoms with Gasteiger partial charge in [-0.25, -0.2) is 9.13 Å². The number of fused-ring (bicyclic) bond motifs is 1. The molecule has 0 spiro atoms. The van der Waals surface area contributed by atoms with Crippen LogP contribution in [0, 0.1) is 5.92 Å². The zero-order valence-corrected chi connectivity index (χ0v) is 8.73. The highest BCUT2D eigenvalue weighted by molar-refractivity contribution is 5.70. The lowest BCUT2D eigenvalue weighted by Gasteiger charge is -2.28. The van der Waals surface area contributed by atoms with Crippen molar-refractivity contribution in [1.29, 1.82) is 0 Å². The number of halogens is 3. The molecule has 17 heavy (non-hydrogen) atoms. The highest BCUT2D eigenvalue weighted by atomic mass is 19.4. The number of aromatic nitrogens is 2. The minimum absolute atomic E-state index is 0.464. The van der Waals surface area contributed by atoms with Crippen molar-refractivity contribution in [1.82, 2.24) is 4.57 Å². The first-order chi connectivity index (χ1) is 7.69. The number of aliphatic hydroxyl groups is 1. The molecule has 0 saturated heterocycles. The number of hydrogen-bond donors (Lipinski definition) is 1. The van der Waals surface area contributed by atoms with Gasteiger partial charge in [-0.1, -0.05) is 0 Å². The van der Waals surface area contributed by atoms with Gasteiger partial charge in [-0.2, -0.15) is 13.2 Å². The molecular formula is C9H9F3N2O3. The van der Waals surface area contributed by atoms with Crippen molar-refractivity contribution in [2.24, 2.45) is 13.0 Å². The number of carbonyl (C=O) groups is 1. The molecule has 0 radical (unpaired) electrons. The Kier molecular flexibility index (Phi) is 2.25. The molecule has 2 unspecified atom stereocenters. The molecule has 0 aliphatic carbocycles. The van der Waals surface area contributed by atoms with Crippen LogP contribution in [-0.2, 0) is 24.0 Å². The van der Waals surface area contributed by atoms with Gasteiger partial charge in [0.15, 0.2) is 0 Å². The Morgan fingerprint density at radius 2 is 2.29 bits per heavy atom. The second kappa shape index (κ2) is 3.22. The molecule has 0 aromatic carbocycles. The maximum atomic E-state index is 12.9. The van der Waals surface area contributed by atoms with E-state index in [1.54, 1.807) is 0 Å². The molecule has 1 N–H and O–H groups in total. The van der Waals surface area contributed by atoms with Crippen molar-refractivity contribution in [2.75, 3.05) is 0 Å². The molecule has 2 heterocycles. The van der Waals surface area contributed by atoms with Crippen LogP contribution in [0.3, 0.4) is 0 Å². The van der Waals surface area contributed by atoms with Crippen LogP contribution < -0.4 is 9.67 Å². The summed E-state index contributed by atoms with van der Waals surface area (Å²) in [5, 5.41) is 20.5. The number of rotatable bonds is 1. The van der Waals surface area contributed by atoms with Gasteiger partial charge in [0.1, 0.15) is 18.9 Å². The fourth-order valence-corrected chi connectivity index (χ4v) is 2.21. The fourth-order valence-electron chi connectivity index (χ4n) is 2.21. The van der Waals surface area contributed by atoms with Crippen LogP contribution >= 0.6 is 0 Å². The molecule has 2 rings (SSSR count). The standard InChI is InChI=1S/C9H9F3N2O3/c1-13-2-3-14-4-5(6(15)16)8(17,7(13)14)9(10,11)12/h2-3,5,17H,4H2,1H3. The molecule has 94 valence electrons. The van der Waals surface area contributed by atoms with Gasteiger partial charge in [0.05, 0.1) is 18.9 Å². The molecule has 5 nitrogen and oxygen atoms in total. The molecule has 1 aliphatic heterocycles. The number of aryl methyl sites for hydroxylation is 1. The highest BCUT2D eigenvalue weighted by Gasteiger charge is 2.70. The third kappa shape index (κ3) is 1.36. The molecule has 1 aliphatic rings. The number of carbonyl (C=O) groups excluding carboxylic acids is 1. The molecule has 0 amide bonds. The summed E-state index contributed by atoms with van der Waals surface area (Å²) in [6.07, 6.45) is -2.48. The molecule has 0 fully saturated rings. The summed E-state index contributed by atoms with van der Waals surface area (Å²) in [6, 6.07) is 0. The summed E-state index contributed by atoms with van der Waals surface area (Å²) in [4.78, 5) is 10.7. The minimum atomic E-state index is -5.08. The van der Waals surface area contributed by atoms with E-state index in [-0.39, 0.29) is 0 Å². The number of carboxylic acid groups (broad SMARTS) is 1. The maximum absolute atomic E-state index is 12.9. The normalized spacial score (nSPS) is 28.2. The molecular weight excluding hydrogens is 241 g/mol. The number of aliphatic carboxylic acids is 1. The van der Waals surface area contributed by atoms with Crippen LogP contribution in [0.2, 0.25) is 0 Å². The van der Waals surface area contributed by atoms with Gasteiger partial charge >= 0.3 is 6.18 Å². The summed E-state index contributed by atoms with van der Waals surface area (Å²) in [7, 11) is 1.31. The van der Waals surface area contributed by atoms with E-state index in [1.807, 2.05) is 0 Å². The van der Waals surface area contributed by atoms with Gasteiger partial charge in [0, 0.05) is 0 Å². The number of imidazole rings is 1. The largest absolute Gasteiger partial charge is 0.550 e. The topological polar surface area (TPSA) is 69.2 Å². The van der Waals surface area contributed by atoms with Crippen LogP contribution in [0.5, 0.6) is 0 Å². The van der Waals surface area contributed by atoms with Crippen molar-refractivity contribution in [3.05, 3.63) is 18.2 Å². The third-order valence-corrected chi connectivity index (χ3v) is 3.02. The van der Waals surface area contributed by atoms with E-state index in [1.165, 1.54) is 19.4 Å². The zero-order valence-electron chi connectivity index (χ0n) is 8.73. The van der Waals surface area contributed by atoms with E-state index in [9.17, 15) is 28.2 Å².